The summed E-state index contributed by atoms with van der Waals surface area (Å²) in [6, 6.07) is 9.15. The number of fused-ring (bicyclic) bond motifs is 1. The first-order chi connectivity index (χ1) is 11.0. The van der Waals surface area contributed by atoms with Crippen molar-refractivity contribution >= 4 is 28.7 Å². The highest BCUT2D eigenvalue weighted by atomic mass is 16.1. The zero-order valence-corrected chi connectivity index (χ0v) is 12.7. The second kappa shape index (κ2) is 5.51. The van der Waals surface area contributed by atoms with E-state index in [1.54, 1.807) is 19.1 Å². The normalized spacial score (nSPS) is 10.5. The maximum absolute atomic E-state index is 11.5. The molecule has 0 aliphatic heterocycles. The number of nitrogens with two attached hydrogens (primary N) is 1. The van der Waals surface area contributed by atoms with Crippen molar-refractivity contribution in [1.82, 2.24) is 9.97 Å². The minimum atomic E-state index is -0.637. The minimum Gasteiger partial charge on any atom is -0.366 e. The van der Waals surface area contributed by atoms with Crippen molar-refractivity contribution in [1.29, 1.82) is 0 Å². The van der Waals surface area contributed by atoms with E-state index in [1.165, 1.54) is 6.08 Å². The molecule has 0 aliphatic carbocycles. The summed E-state index contributed by atoms with van der Waals surface area (Å²) < 4.78 is 0. The lowest BCUT2D eigenvalue weighted by atomic mass is 9.95. The highest BCUT2D eigenvalue weighted by Gasteiger charge is 2.16. The molecule has 0 fully saturated rings. The molecule has 1 aromatic heterocycles. The number of rotatable bonds is 3. The van der Waals surface area contributed by atoms with Crippen molar-refractivity contribution in [3.05, 3.63) is 47.3 Å². The minimum absolute atomic E-state index is 0.194. The molecule has 23 heavy (non-hydrogen) atoms. The first kappa shape index (κ1) is 14.7. The topological polar surface area (TPSA) is 101 Å². The second-order valence-electron chi connectivity index (χ2n) is 5.23. The summed E-state index contributed by atoms with van der Waals surface area (Å²) in [6.45, 7) is 3.67. The average molecular weight is 306 g/mol. The number of para-hydroxylation sites is 1. The Hall–Kier alpha value is -3.24. The van der Waals surface area contributed by atoms with E-state index in [-0.39, 0.29) is 11.3 Å². The van der Waals surface area contributed by atoms with Crippen LogP contribution in [0.25, 0.3) is 22.2 Å². The Morgan fingerprint density at radius 2 is 2.00 bits per heavy atom. The van der Waals surface area contributed by atoms with E-state index in [0.717, 1.165) is 28.0 Å². The third-order valence-electron chi connectivity index (χ3n) is 3.78. The molecule has 1 heterocycles. The summed E-state index contributed by atoms with van der Waals surface area (Å²) in [6.07, 6.45) is 1.49. The van der Waals surface area contributed by atoms with Gasteiger partial charge in [-0.1, -0.05) is 18.2 Å². The lowest BCUT2D eigenvalue weighted by molar-refractivity contribution is 0.100. The zero-order valence-electron chi connectivity index (χ0n) is 12.7. The molecule has 0 radical (unpaired) electrons. The van der Waals surface area contributed by atoms with Crippen LogP contribution in [0.3, 0.4) is 0 Å². The number of aryl methyl sites for hydroxylation is 1. The number of benzene rings is 2. The maximum atomic E-state index is 11.5. The van der Waals surface area contributed by atoms with Gasteiger partial charge in [-0.2, -0.15) is 4.99 Å². The van der Waals surface area contributed by atoms with Gasteiger partial charge in [-0.3, -0.25) is 4.79 Å². The van der Waals surface area contributed by atoms with E-state index in [0.29, 0.717) is 5.56 Å². The van der Waals surface area contributed by atoms with Crippen LogP contribution in [0.4, 0.5) is 5.69 Å². The standard InChI is InChI=1S/C17H14N4O2/c1-9-11(6-7-13(17(18)23)15(9)19-8-22)12-4-3-5-14-16(12)21-10(2)20-14/h3-7H,1-2H3,(H2,18,23)(H,20,21). The molecule has 114 valence electrons. The number of nitrogens with zero attached hydrogens (tertiary/aromatic N) is 2. The lowest BCUT2D eigenvalue weighted by Gasteiger charge is -2.11. The van der Waals surface area contributed by atoms with Gasteiger partial charge in [0.15, 0.2) is 0 Å². The van der Waals surface area contributed by atoms with Gasteiger partial charge in [-0.15, -0.1) is 0 Å². The molecule has 6 heteroatoms. The van der Waals surface area contributed by atoms with Gasteiger partial charge in [0.1, 0.15) is 5.82 Å². The van der Waals surface area contributed by atoms with Gasteiger partial charge in [-0.25, -0.2) is 9.78 Å². The number of carbonyl (C=O) groups is 1. The Labute approximate surface area is 132 Å². The number of imidazole rings is 1. The SMILES string of the molecule is Cc1nc2c(-c3ccc(C(N)=O)c(N=C=O)c3C)cccc2[nH]1. The Morgan fingerprint density at radius 1 is 1.22 bits per heavy atom. The molecule has 0 saturated carbocycles. The number of hydrogen-bond acceptors (Lipinski definition) is 4. The monoisotopic (exact) mass is 306 g/mol. The van der Waals surface area contributed by atoms with Crippen molar-refractivity contribution in [2.75, 3.05) is 0 Å². The van der Waals surface area contributed by atoms with Crippen LogP contribution in [0.15, 0.2) is 35.3 Å². The van der Waals surface area contributed by atoms with Crippen LogP contribution in [0.5, 0.6) is 0 Å². The van der Waals surface area contributed by atoms with Crippen molar-refractivity contribution in [3.63, 3.8) is 0 Å². The molecule has 1 amide bonds. The van der Waals surface area contributed by atoms with Crippen LogP contribution < -0.4 is 5.73 Å². The van der Waals surface area contributed by atoms with Crippen LogP contribution in [0.2, 0.25) is 0 Å². The fraction of sp³-hybridized carbons (Fsp3) is 0.118. The number of hydrogen-bond donors (Lipinski definition) is 2. The highest BCUT2D eigenvalue weighted by Crippen LogP contribution is 2.35. The molecule has 0 atom stereocenters. The van der Waals surface area contributed by atoms with Crippen LogP contribution in [-0.4, -0.2) is 22.0 Å². The molecule has 0 unspecified atom stereocenters. The Kier molecular flexibility index (Phi) is 3.52. The number of amides is 1. The van der Waals surface area contributed by atoms with Crippen LogP contribution in [0, 0.1) is 13.8 Å². The third kappa shape index (κ3) is 2.41. The van der Waals surface area contributed by atoms with E-state index in [2.05, 4.69) is 15.0 Å². The van der Waals surface area contributed by atoms with Gasteiger partial charge >= 0.3 is 0 Å². The van der Waals surface area contributed by atoms with Crippen LogP contribution in [-0.2, 0) is 4.79 Å². The average Bonchev–Trinajstić information content (AvgIpc) is 2.89. The molecule has 3 rings (SSSR count). The smallest absolute Gasteiger partial charge is 0.250 e. The molecule has 2 aromatic carbocycles. The summed E-state index contributed by atoms with van der Waals surface area (Å²) in [5, 5.41) is 0. The Bertz CT molecular complexity index is 982. The van der Waals surface area contributed by atoms with Gasteiger partial charge in [0.25, 0.3) is 5.91 Å². The van der Waals surface area contributed by atoms with Gasteiger partial charge < -0.3 is 10.7 Å². The van der Waals surface area contributed by atoms with Crippen LogP contribution >= 0.6 is 0 Å². The van der Waals surface area contributed by atoms with Crippen molar-refractivity contribution in [2.45, 2.75) is 13.8 Å². The number of aromatic amines is 1. The largest absolute Gasteiger partial charge is 0.366 e. The van der Waals surface area contributed by atoms with E-state index >= 15 is 0 Å². The predicted octanol–water partition coefficient (Wildman–Crippen LogP) is 2.91. The number of aromatic nitrogens is 2. The Morgan fingerprint density at radius 3 is 2.70 bits per heavy atom. The molecule has 0 saturated heterocycles. The number of primary amides is 1. The lowest BCUT2D eigenvalue weighted by Crippen LogP contribution is -2.11. The molecular weight excluding hydrogens is 292 g/mol. The van der Waals surface area contributed by atoms with Gasteiger partial charge in [0.05, 0.1) is 22.3 Å². The molecule has 0 aliphatic rings. The predicted molar refractivity (Wildman–Crippen MR) is 87.3 cm³/mol. The maximum Gasteiger partial charge on any atom is 0.250 e. The van der Waals surface area contributed by atoms with Gasteiger partial charge in [0, 0.05) is 5.56 Å². The van der Waals surface area contributed by atoms with Crippen LogP contribution in [0.1, 0.15) is 21.7 Å². The van der Waals surface area contributed by atoms with E-state index in [1.807, 2.05) is 25.1 Å². The molecule has 0 spiro atoms. The Balaban J connectivity index is 2.33. The van der Waals surface area contributed by atoms with Gasteiger partial charge in [0.2, 0.25) is 6.08 Å². The zero-order chi connectivity index (χ0) is 16.6. The van der Waals surface area contributed by atoms with Crippen molar-refractivity contribution in [2.24, 2.45) is 10.7 Å². The van der Waals surface area contributed by atoms with E-state index in [4.69, 9.17) is 5.73 Å². The summed E-state index contributed by atoms with van der Waals surface area (Å²) in [5.74, 6) is 0.174. The number of aliphatic imine (C=N–C) groups is 1. The second-order valence-corrected chi connectivity index (χ2v) is 5.23. The molecule has 0 bridgehead atoms. The molecule has 3 aromatic rings. The van der Waals surface area contributed by atoms with Gasteiger partial charge in [-0.05, 0) is 37.1 Å². The fourth-order valence-corrected chi connectivity index (χ4v) is 2.75. The van der Waals surface area contributed by atoms with E-state index < -0.39 is 5.91 Å². The fourth-order valence-electron chi connectivity index (χ4n) is 2.75. The molecule has 3 N–H and O–H groups in total. The number of isocyanates is 1. The first-order valence-electron chi connectivity index (χ1n) is 7.00. The summed E-state index contributed by atoms with van der Waals surface area (Å²) in [4.78, 5) is 33.6. The summed E-state index contributed by atoms with van der Waals surface area (Å²) >= 11 is 0. The van der Waals surface area contributed by atoms with Crippen molar-refractivity contribution < 1.29 is 9.59 Å². The number of nitrogens with one attached hydrogen (secondary N) is 1. The quantitative estimate of drug-likeness (QED) is 0.574. The van der Waals surface area contributed by atoms with E-state index in [9.17, 15) is 9.59 Å². The van der Waals surface area contributed by atoms with Crippen molar-refractivity contribution in [3.8, 4) is 11.1 Å². The molecule has 6 nitrogen and oxygen atoms in total. The third-order valence-corrected chi connectivity index (χ3v) is 3.78. The number of carbonyl (C=O) groups excluding carboxylic acids is 2. The highest BCUT2D eigenvalue weighted by molar-refractivity contribution is 6.01. The number of H-pyrrole nitrogens is 1. The first-order valence-corrected chi connectivity index (χ1v) is 7.00. The summed E-state index contributed by atoms with van der Waals surface area (Å²) in [7, 11) is 0. The molecular formula is C17H14N4O2. The summed E-state index contributed by atoms with van der Waals surface area (Å²) in [5.41, 5.74) is 9.93.